The Morgan fingerprint density at radius 3 is 2.83 bits per heavy atom. The first-order chi connectivity index (χ1) is 11.3. The fraction of sp³-hybridized carbons (Fsp3) is 0.412. The second-order valence-corrected chi connectivity index (χ2v) is 6.59. The van der Waals surface area contributed by atoms with Crippen LogP contribution in [-0.2, 0) is 0 Å². The Hall–Kier alpha value is -2.41. The highest BCUT2D eigenvalue weighted by Gasteiger charge is 2.42. The average Bonchev–Trinajstić information content (AvgIpc) is 3.31. The molecule has 0 saturated heterocycles. The summed E-state index contributed by atoms with van der Waals surface area (Å²) in [6, 6.07) is 4.22. The van der Waals surface area contributed by atoms with Gasteiger partial charge in [-0.15, -0.1) is 0 Å². The number of aromatic nitrogens is 2. The van der Waals surface area contributed by atoms with Crippen molar-refractivity contribution in [3.05, 3.63) is 41.5 Å². The third kappa shape index (κ3) is 2.99. The maximum atomic E-state index is 13.2. The Bertz CT molecular complexity index is 785. The van der Waals surface area contributed by atoms with Crippen molar-refractivity contribution >= 4 is 5.91 Å². The summed E-state index contributed by atoms with van der Waals surface area (Å²) in [4.78, 5) is 12.5. The number of hydrogen-bond acceptors (Lipinski definition) is 4. The van der Waals surface area contributed by atoms with Gasteiger partial charge < -0.3 is 16.2 Å². The second kappa shape index (κ2) is 5.90. The minimum Gasteiger partial charge on any atom is -0.504 e. The highest BCUT2D eigenvalue weighted by atomic mass is 19.1. The predicted octanol–water partition coefficient (Wildman–Crippen LogP) is 1.88. The number of aromatic hydroxyl groups is 1. The van der Waals surface area contributed by atoms with Gasteiger partial charge in [-0.05, 0) is 56.4 Å². The Morgan fingerprint density at radius 1 is 1.54 bits per heavy atom. The molecule has 1 heterocycles. The molecule has 7 heteroatoms. The van der Waals surface area contributed by atoms with E-state index in [1.54, 1.807) is 13.0 Å². The summed E-state index contributed by atoms with van der Waals surface area (Å²) in [6.45, 7) is 3.96. The summed E-state index contributed by atoms with van der Waals surface area (Å²) in [7, 11) is 0. The molecular formula is C17H21FN4O2. The number of nitrogens with two attached hydrogens (primary N) is 1. The minimum atomic E-state index is -0.501. The van der Waals surface area contributed by atoms with Crippen molar-refractivity contribution in [3.63, 3.8) is 0 Å². The number of amides is 1. The Morgan fingerprint density at radius 2 is 2.25 bits per heavy atom. The largest absolute Gasteiger partial charge is 0.504 e. The molecule has 0 aliphatic heterocycles. The van der Waals surface area contributed by atoms with Crippen LogP contribution in [0.2, 0.25) is 0 Å². The maximum absolute atomic E-state index is 13.2. The zero-order valence-electron chi connectivity index (χ0n) is 13.7. The van der Waals surface area contributed by atoms with Gasteiger partial charge >= 0.3 is 0 Å². The van der Waals surface area contributed by atoms with Crippen LogP contribution in [0.3, 0.4) is 0 Å². The zero-order chi connectivity index (χ0) is 17.5. The van der Waals surface area contributed by atoms with Crippen LogP contribution in [0.1, 0.15) is 35.8 Å². The number of carbonyl (C=O) groups excluding carboxylic acids is 1. The molecule has 0 spiro atoms. The number of benzene rings is 1. The molecule has 1 atom stereocenters. The molecule has 24 heavy (non-hydrogen) atoms. The van der Waals surface area contributed by atoms with Crippen LogP contribution in [-0.4, -0.2) is 32.9 Å². The van der Waals surface area contributed by atoms with E-state index >= 15 is 0 Å². The van der Waals surface area contributed by atoms with Gasteiger partial charge in [0.15, 0.2) is 11.4 Å². The molecule has 1 amide bonds. The van der Waals surface area contributed by atoms with Crippen molar-refractivity contribution in [1.82, 2.24) is 15.1 Å². The lowest BCUT2D eigenvalue weighted by molar-refractivity contribution is 0.0889. The van der Waals surface area contributed by atoms with Gasteiger partial charge in [0.2, 0.25) is 0 Å². The first-order valence-corrected chi connectivity index (χ1v) is 7.92. The van der Waals surface area contributed by atoms with Crippen molar-refractivity contribution < 1.29 is 14.3 Å². The van der Waals surface area contributed by atoms with Crippen molar-refractivity contribution in [3.8, 4) is 11.4 Å². The van der Waals surface area contributed by atoms with Gasteiger partial charge in [-0.2, -0.15) is 5.10 Å². The van der Waals surface area contributed by atoms with Crippen molar-refractivity contribution in [2.24, 2.45) is 11.7 Å². The molecule has 1 aliphatic carbocycles. The third-order valence-corrected chi connectivity index (χ3v) is 4.62. The summed E-state index contributed by atoms with van der Waals surface area (Å²) in [6.07, 6.45) is 3.40. The van der Waals surface area contributed by atoms with Crippen LogP contribution in [0.4, 0.5) is 4.39 Å². The molecule has 1 unspecified atom stereocenters. The number of carbonyl (C=O) groups is 1. The summed E-state index contributed by atoms with van der Waals surface area (Å²) < 4.78 is 14.6. The van der Waals surface area contributed by atoms with E-state index in [1.807, 2.05) is 6.92 Å². The van der Waals surface area contributed by atoms with Crippen LogP contribution in [0.5, 0.6) is 5.75 Å². The number of hydrogen-bond donors (Lipinski definition) is 3. The summed E-state index contributed by atoms with van der Waals surface area (Å²) >= 11 is 0. The quantitative estimate of drug-likeness (QED) is 0.779. The van der Waals surface area contributed by atoms with Crippen LogP contribution in [0.15, 0.2) is 24.4 Å². The molecule has 4 N–H and O–H groups in total. The number of rotatable bonds is 5. The minimum absolute atomic E-state index is 0.0703. The third-order valence-electron chi connectivity index (χ3n) is 4.62. The van der Waals surface area contributed by atoms with E-state index in [4.69, 9.17) is 5.73 Å². The zero-order valence-corrected chi connectivity index (χ0v) is 13.7. The van der Waals surface area contributed by atoms with Gasteiger partial charge in [-0.3, -0.25) is 4.79 Å². The van der Waals surface area contributed by atoms with E-state index in [-0.39, 0.29) is 17.3 Å². The number of aryl methyl sites for hydroxylation is 1. The first kappa shape index (κ1) is 16.4. The van der Waals surface area contributed by atoms with Gasteiger partial charge in [0.25, 0.3) is 5.91 Å². The molecule has 0 radical (unpaired) electrons. The molecule has 6 nitrogen and oxygen atoms in total. The highest BCUT2D eigenvalue weighted by Crippen LogP contribution is 2.39. The molecule has 1 aliphatic rings. The van der Waals surface area contributed by atoms with E-state index < -0.39 is 11.4 Å². The lowest BCUT2D eigenvalue weighted by atomic mass is 9.96. The second-order valence-electron chi connectivity index (χ2n) is 6.59. The summed E-state index contributed by atoms with van der Waals surface area (Å²) in [5.74, 6) is -0.693. The summed E-state index contributed by atoms with van der Waals surface area (Å²) in [5, 5.41) is 17.1. The Labute approximate surface area is 139 Å². The Kier molecular flexibility index (Phi) is 4.04. The van der Waals surface area contributed by atoms with Crippen LogP contribution < -0.4 is 11.1 Å². The lowest BCUT2D eigenvalue weighted by Crippen LogP contribution is -2.53. The van der Waals surface area contributed by atoms with E-state index in [0.29, 0.717) is 23.7 Å². The molecule has 2 aromatic rings. The lowest BCUT2D eigenvalue weighted by Gasteiger charge is -2.29. The first-order valence-electron chi connectivity index (χ1n) is 7.92. The summed E-state index contributed by atoms with van der Waals surface area (Å²) in [5.41, 5.74) is 6.47. The number of nitrogens with zero attached hydrogens (tertiary/aromatic N) is 2. The molecule has 1 aromatic carbocycles. The Balaban J connectivity index is 1.87. The SMILES string of the molecule is Cc1cc(F)ccc1-n1cc(O)c(C(=O)NC(C)(CN)C2CC2)n1. The number of nitrogens with one attached hydrogen (secondary N) is 1. The van der Waals surface area contributed by atoms with Gasteiger partial charge in [0.05, 0.1) is 17.4 Å². The normalized spacial score (nSPS) is 16.7. The van der Waals surface area contributed by atoms with E-state index in [1.165, 1.54) is 23.0 Å². The molecular weight excluding hydrogens is 311 g/mol. The maximum Gasteiger partial charge on any atom is 0.276 e. The van der Waals surface area contributed by atoms with E-state index in [2.05, 4.69) is 10.4 Å². The molecule has 3 rings (SSSR count). The smallest absolute Gasteiger partial charge is 0.276 e. The topological polar surface area (TPSA) is 93.2 Å². The van der Waals surface area contributed by atoms with Crippen LogP contribution >= 0.6 is 0 Å². The van der Waals surface area contributed by atoms with Crippen molar-refractivity contribution in [2.45, 2.75) is 32.2 Å². The van der Waals surface area contributed by atoms with Crippen LogP contribution in [0, 0.1) is 18.7 Å². The molecule has 1 fully saturated rings. The molecule has 1 aromatic heterocycles. The van der Waals surface area contributed by atoms with Crippen LogP contribution in [0.25, 0.3) is 5.69 Å². The monoisotopic (exact) mass is 332 g/mol. The average molecular weight is 332 g/mol. The van der Waals surface area contributed by atoms with Gasteiger partial charge in [0, 0.05) is 6.54 Å². The number of halogens is 1. The van der Waals surface area contributed by atoms with Gasteiger partial charge in [-0.25, -0.2) is 9.07 Å². The highest BCUT2D eigenvalue weighted by molar-refractivity contribution is 5.95. The predicted molar refractivity (Wildman–Crippen MR) is 87.6 cm³/mol. The molecule has 128 valence electrons. The van der Waals surface area contributed by atoms with Crippen molar-refractivity contribution in [1.29, 1.82) is 0 Å². The van der Waals surface area contributed by atoms with Crippen molar-refractivity contribution in [2.75, 3.05) is 6.54 Å². The fourth-order valence-corrected chi connectivity index (χ4v) is 2.88. The molecule has 1 saturated carbocycles. The molecule has 0 bridgehead atoms. The van der Waals surface area contributed by atoms with E-state index in [9.17, 15) is 14.3 Å². The van der Waals surface area contributed by atoms with Gasteiger partial charge in [0.1, 0.15) is 5.82 Å². The van der Waals surface area contributed by atoms with Gasteiger partial charge in [-0.1, -0.05) is 0 Å². The van der Waals surface area contributed by atoms with E-state index in [0.717, 1.165) is 12.8 Å². The standard InChI is InChI=1S/C17H21FN4O2/c1-10-7-12(18)5-6-13(10)22-8-14(23)15(21-22)16(24)20-17(2,9-19)11-3-4-11/h5-8,11,23H,3-4,9,19H2,1-2H3,(H,20,24). The fourth-order valence-electron chi connectivity index (χ4n) is 2.88.